The number of carbonyl (C=O) groups is 1. The zero-order valence-electron chi connectivity index (χ0n) is 12.6. The Hall–Kier alpha value is -0.370. The summed E-state index contributed by atoms with van der Waals surface area (Å²) >= 11 is 0. The third-order valence-corrected chi connectivity index (χ3v) is 3.88. The van der Waals surface area contributed by atoms with Gasteiger partial charge in [0.1, 0.15) is 5.78 Å². The van der Waals surface area contributed by atoms with Crippen molar-refractivity contribution in [2.45, 2.75) is 78.8 Å². The first kappa shape index (κ1) is 16.6. The summed E-state index contributed by atoms with van der Waals surface area (Å²) < 4.78 is 0. The number of carbonyl (C=O) groups excluding carboxylic acids is 1. The number of likely N-dealkylation sites (N-methyl/N-ethyl adjacent to an activating group) is 1. The monoisotopic (exact) mass is 241 g/mol. The van der Waals surface area contributed by atoms with E-state index in [9.17, 15) is 4.79 Å². The van der Waals surface area contributed by atoms with Gasteiger partial charge in [0.15, 0.2) is 0 Å². The molecule has 1 saturated carbocycles. The van der Waals surface area contributed by atoms with E-state index < -0.39 is 0 Å². The molecule has 2 nitrogen and oxygen atoms in total. The number of likely N-dealkylation sites (tertiary alicyclic amines) is 1. The molecule has 2 heteroatoms. The van der Waals surface area contributed by atoms with E-state index in [1.165, 1.54) is 25.7 Å². The minimum atomic E-state index is 0.230. The highest BCUT2D eigenvalue weighted by molar-refractivity contribution is 5.81. The topological polar surface area (TPSA) is 20.3 Å². The van der Waals surface area contributed by atoms with Gasteiger partial charge in [0.2, 0.25) is 0 Å². The van der Waals surface area contributed by atoms with Gasteiger partial charge in [0, 0.05) is 6.04 Å². The fraction of sp³-hybridized carbons (Fsp3) is 0.933. The lowest BCUT2D eigenvalue weighted by Gasteiger charge is -2.30. The summed E-state index contributed by atoms with van der Waals surface area (Å²) in [6.07, 6.45) is 6.51. The lowest BCUT2D eigenvalue weighted by molar-refractivity contribution is -0.121. The second-order valence-corrected chi connectivity index (χ2v) is 4.64. The molecule has 0 spiro atoms. The number of Topliss-reactive ketones (excluding diaryl/α,β-unsaturated/α-hetero) is 1. The molecule has 3 atom stereocenters. The molecule has 17 heavy (non-hydrogen) atoms. The highest BCUT2D eigenvalue weighted by Gasteiger charge is 2.41. The van der Waals surface area contributed by atoms with Crippen molar-refractivity contribution in [2.75, 3.05) is 7.05 Å². The van der Waals surface area contributed by atoms with Crippen LogP contribution >= 0.6 is 0 Å². The predicted octanol–water partition coefficient (Wildman–Crippen LogP) is 3.89. The third-order valence-electron chi connectivity index (χ3n) is 3.88. The van der Waals surface area contributed by atoms with Gasteiger partial charge in [0.25, 0.3) is 0 Å². The molecular formula is C15H31NO. The summed E-state index contributed by atoms with van der Waals surface area (Å²) in [6.45, 7) is 9.73. The average molecular weight is 241 g/mol. The Labute approximate surface area is 108 Å². The Balaban J connectivity index is 0.000000581. The van der Waals surface area contributed by atoms with Crippen LogP contribution in [0.25, 0.3) is 0 Å². The molecular weight excluding hydrogens is 210 g/mol. The first-order chi connectivity index (χ1) is 8.20. The van der Waals surface area contributed by atoms with E-state index >= 15 is 0 Å². The zero-order valence-corrected chi connectivity index (χ0v) is 12.6. The van der Waals surface area contributed by atoms with Crippen molar-refractivity contribution in [3.05, 3.63) is 0 Å². The quantitative estimate of drug-likeness (QED) is 0.694. The van der Waals surface area contributed by atoms with Crippen molar-refractivity contribution < 1.29 is 4.79 Å². The highest BCUT2D eigenvalue weighted by Crippen LogP contribution is 2.38. The van der Waals surface area contributed by atoms with Gasteiger partial charge in [-0.05, 0) is 39.2 Å². The number of ketones is 1. The molecule has 1 aliphatic carbocycles. The van der Waals surface area contributed by atoms with Crippen molar-refractivity contribution in [1.29, 1.82) is 0 Å². The van der Waals surface area contributed by atoms with Crippen LogP contribution in [0.5, 0.6) is 0 Å². The van der Waals surface area contributed by atoms with E-state index in [-0.39, 0.29) is 6.04 Å². The molecule has 102 valence electrons. The Kier molecular flexibility index (Phi) is 8.49. The molecule has 2 rings (SSSR count). The summed E-state index contributed by atoms with van der Waals surface area (Å²) in [5.41, 5.74) is 0. The van der Waals surface area contributed by atoms with E-state index in [4.69, 9.17) is 0 Å². The van der Waals surface area contributed by atoms with E-state index in [0.717, 1.165) is 12.3 Å². The molecule has 0 aromatic heterocycles. The summed E-state index contributed by atoms with van der Waals surface area (Å²) in [5.74, 6) is 1.17. The van der Waals surface area contributed by atoms with Crippen LogP contribution in [-0.4, -0.2) is 29.8 Å². The van der Waals surface area contributed by atoms with Crippen molar-refractivity contribution in [1.82, 2.24) is 4.90 Å². The van der Waals surface area contributed by atoms with Gasteiger partial charge >= 0.3 is 0 Å². The molecule has 2 aliphatic rings. The second kappa shape index (κ2) is 8.68. The van der Waals surface area contributed by atoms with Crippen LogP contribution in [0, 0.1) is 5.92 Å². The van der Waals surface area contributed by atoms with E-state index in [1.54, 1.807) is 6.92 Å². The summed E-state index contributed by atoms with van der Waals surface area (Å²) in [7, 11) is 2.13. The van der Waals surface area contributed by atoms with E-state index in [0.29, 0.717) is 11.8 Å². The van der Waals surface area contributed by atoms with Crippen LogP contribution in [0.1, 0.15) is 66.7 Å². The van der Waals surface area contributed by atoms with Gasteiger partial charge in [-0.1, -0.05) is 40.5 Å². The first-order valence-electron chi connectivity index (χ1n) is 7.42. The standard InChI is InChI=1S/C11H19NO.2C2H6/c1-8(13)11-7-9-5-3-4-6-10(9)12(11)2;2*1-2/h9-11H,3-7H2,1-2H3;2*1-2H3/t9-,10-,11?;;/m0../s1. The van der Waals surface area contributed by atoms with Gasteiger partial charge in [0.05, 0.1) is 6.04 Å². The molecule has 0 radical (unpaired) electrons. The van der Waals surface area contributed by atoms with Crippen LogP contribution in [0.2, 0.25) is 0 Å². The first-order valence-corrected chi connectivity index (χ1v) is 7.42. The smallest absolute Gasteiger partial charge is 0.146 e. The average Bonchev–Trinajstić information content (AvgIpc) is 2.73. The van der Waals surface area contributed by atoms with Crippen LogP contribution in [0.4, 0.5) is 0 Å². The van der Waals surface area contributed by atoms with Crippen LogP contribution in [0.15, 0.2) is 0 Å². The summed E-state index contributed by atoms with van der Waals surface area (Å²) in [5, 5.41) is 0. The predicted molar refractivity (Wildman–Crippen MR) is 75.3 cm³/mol. The SMILES string of the molecule is CC.CC.CC(=O)C1C[C@@H]2CCCC[C@@H]2N1C. The van der Waals surface area contributed by atoms with Crippen molar-refractivity contribution in [2.24, 2.45) is 5.92 Å². The molecule has 0 bridgehead atoms. The lowest BCUT2D eigenvalue weighted by Crippen LogP contribution is -2.38. The maximum absolute atomic E-state index is 11.4. The third kappa shape index (κ3) is 4.09. The van der Waals surface area contributed by atoms with Gasteiger partial charge in [-0.15, -0.1) is 0 Å². The fourth-order valence-corrected chi connectivity index (χ4v) is 3.14. The van der Waals surface area contributed by atoms with Crippen molar-refractivity contribution >= 4 is 5.78 Å². The fourth-order valence-electron chi connectivity index (χ4n) is 3.14. The Morgan fingerprint density at radius 3 is 2.06 bits per heavy atom. The number of nitrogens with zero attached hydrogens (tertiary/aromatic N) is 1. The molecule has 1 aliphatic heterocycles. The number of rotatable bonds is 1. The normalized spacial score (nSPS) is 31.5. The summed E-state index contributed by atoms with van der Waals surface area (Å²) in [4.78, 5) is 13.7. The van der Waals surface area contributed by atoms with E-state index in [2.05, 4.69) is 11.9 Å². The van der Waals surface area contributed by atoms with Crippen LogP contribution < -0.4 is 0 Å². The Morgan fingerprint density at radius 1 is 1.06 bits per heavy atom. The Bertz CT molecular complexity index is 215. The van der Waals surface area contributed by atoms with Crippen LogP contribution in [-0.2, 0) is 4.79 Å². The number of hydrogen-bond donors (Lipinski definition) is 0. The maximum atomic E-state index is 11.4. The minimum Gasteiger partial charge on any atom is -0.298 e. The van der Waals surface area contributed by atoms with Crippen molar-refractivity contribution in [3.8, 4) is 0 Å². The Morgan fingerprint density at radius 2 is 1.59 bits per heavy atom. The molecule has 0 amide bonds. The highest BCUT2D eigenvalue weighted by atomic mass is 16.1. The molecule has 2 fully saturated rings. The van der Waals surface area contributed by atoms with Gasteiger partial charge in [-0.25, -0.2) is 0 Å². The number of hydrogen-bond acceptors (Lipinski definition) is 2. The van der Waals surface area contributed by atoms with Gasteiger partial charge < -0.3 is 0 Å². The molecule has 0 aromatic carbocycles. The van der Waals surface area contributed by atoms with Crippen molar-refractivity contribution in [3.63, 3.8) is 0 Å². The minimum absolute atomic E-state index is 0.230. The van der Waals surface area contributed by atoms with Gasteiger partial charge in [-0.2, -0.15) is 0 Å². The molecule has 1 heterocycles. The molecule has 1 saturated heterocycles. The largest absolute Gasteiger partial charge is 0.298 e. The van der Waals surface area contributed by atoms with Gasteiger partial charge in [-0.3, -0.25) is 9.69 Å². The molecule has 0 aromatic rings. The second-order valence-electron chi connectivity index (χ2n) is 4.64. The zero-order chi connectivity index (χ0) is 13.4. The van der Waals surface area contributed by atoms with E-state index in [1.807, 2.05) is 27.7 Å². The maximum Gasteiger partial charge on any atom is 0.146 e. The number of fused-ring (bicyclic) bond motifs is 1. The lowest BCUT2D eigenvalue weighted by atomic mass is 9.84. The van der Waals surface area contributed by atoms with Crippen LogP contribution in [0.3, 0.4) is 0 Å². The molecule has 0 N–H and O–H groups in total. The summed E-state index contributed by atoms with van der Waals surface area (Å²) in [6, 6.07) is 0.941. The molecule has 1 unspecified atom stereocenters.